The number of rotatable bonds is 4. The number of carbonyl (C=O) groups excluding carboxylic acids is 1. The van der Waals surface area contributed by atoms with Gasteiger partial charge in [-0.2, -0.15) is 0 Å². The zero-order valence-corrected chi connectivity index (χ0v) is 14.6. The van der Waals surface area contributed by atoms with Crippen LogP contribution in [0.3, 0.4) is 0 Å². The Morgan fingerprint density at radius 3 is 2.30 bits per heavy atom. The van der Waals surface area contributed by atoms with Crippen molar-refractivity contribution in [3.63, 3.8) is 0 Å². The summed E-state index contributed by atoms with van der Waals surface area (Å²) in [5, 5.41) is 0. The Morgan fingerprint density at radius 1 is 1.26 bits per heavy atom. The van der Waals surface area contributed by atoms with E-state index in [0.717, 1.165) is 5.56 Å². The van der Waals surface area contributed by atoms with Crippen molar-refractivity contribution in [1.29, 1.82) is 0 Å². The molecule has 0 bridgehead atoms. The molecule has 0 radical (unpaired) electrons. The fourth-order valence-corrected chi connectivity index (χ4v) is 2.46. The molecule has 1 atom stereocenters. The number of methoxy groups -OCH3 is 1. The lowest BCUT2D eigenvalue weighted by Crippen LogP contribution is -2.41. The summed E-state index contributed by atoms with van der Waals surface area (Å²) in [6.07, 6.45) is 0.214. The highest BCUT2D eigenvalue weighted by Crippen LogP contribution is 2.36. The van der Waals surface area contributed by atoms with Crippen LogP contribution in [0.4, 0.5) is 4.39 Å². The van der Waals surface area contributed by atoms with Crippen LogP contribution in [0.2, 0.25) is 0 Å². The predicted octanol–water partition coefficient (Wildman–Crippen LogP) is 2.79. The first-order chi connectivity index (χ1) is 10.6. The van der Waals surface area contributed by atoms with Crippen LogP contribution >= 0.6 is 0 Å². The summed E-state index contributed by atoms with van der Waals surface area (Å²) < 4.78 is 30.9. The molecule has 1 aromatic carbocycles. The first-order valence-electron chi connectivity index (χ1n) is 7.79. The van der Waals surface area contributed by atoms with Crippen molar-refractivity contribution in [1.82, 2.24) is 0 Å². The van der Waals surface area contributed by atoms with E-state index in [9.17, 15) is 9.18 Å². The van der Waals surface area contributed by atoms with Crippen molar-refractivity contribution in [3.8, 4) is 0 Å². The molecule has 0 saturated carbocycles. The Morgan fingerprint density at radius 2 is 1.83 bits per heavy atom. The number of hydrogen-bond donors (Lipinski definition) is 0. The molecule has 0 amide bonds. The molecule has 0 aliphatic carbocycles. The lowest BCUT2D eigenvalue weighted by Gasteiger charge is -2.32. The number of benzene rings is 1. The van der Waals surface area contributed by atoms with E-state index >= 15 is 0 Å². The van der Waals surface area contributed by atoms with Crippen LogP contribution in [0, 0.1) is 5.82 Å². The topological polar surface area (TPSA) is 44.8 Å². The summed E-state index contributed by atoms with van der Waals surface area (Å²) in [4.78, 5) is 11.3. The zero-order valence-electron chi connectivity index (χ0n) is 14.6. The maximum atomic E-state index is 14.5. The predicted molar refractivity (Wildman–Crippen MR) is 87.2 cm³/mol. The number of halogens is 1. The molecular weight excluding hydrogens is 298 g/mol. The van der Waals surface area contributed by atoms with Crippen LogP contribution in [-0.2, 0) is 18.8 Å². The number of esters is 1. The van der Waals surface area contributed by atoms with Gasteiger partial charge in [0.1, 0.15) is 5.82 Å². The summed E-state index contributed by atoms with van der Waals surface area (Å²) in [5.74, 6) is -0.824. The van der Waals surface area contributed by atoms with Gasteiger partial charge in [0.15, 0.2) is 0 Å². The van der Waals surface area contributed by atoms with Crippen LogP contribution in [0.5, 0.6) is 0 Å². The van der Waals surface area contributed by atoms with Gasteiger partial charge in [-0.05, 0) is 45.2 Å². The maximum Gasteiger partial charge on any atom is 0.497 e. The van der Waals surface area contributed by atoms with E-state index in [4.69, 9.17) is 9.31 Å². The average Bonchev–Trinajstić information content (AvgIpc) is 2.66. The van der Waals surface area contributed by atoms with Gasteiger partial charge < -0.3 is 14.0 Å². The van der Waals surface area contributed by atoms with Crippen LogP contribution in [0.1, 0.15) is 52.5 Å². The summed E-state index contributed by atoms with van der Waals surface area (Å²) in [7, 11) is 0.613. The third-order valence-electron chi connectivity index (χ3n) is 4.80. The molecule has 0 N–H and O–H groups in total. The summed E-state index contributed by atoms with van der Waals surface area (Å²) >= 11 is 0. The Hall–Kier alpha value is -1.40. The SMILES string of the molecule is COC(=O)C[C@@H](C)c1ccc(B2OC(C)(C)C(C)(C)O2)c(F)c1. The Bertz CT molecular complexity index is 584. The normalized spacial score (nSPS) is 20.4. The van der Waals surface area contributed by atoms with Crippen molar-refractivity contribution >= 4 is 18.6 Å². The second-order valence-corrected chi connectivity index (χ2v) is 7.05. The Labute approximate surface area is 137 Å². The molecule has 23 heavy (non-hydrogen) atoms. The smallest absolute Gasteiger partial charge is 0.469 e. The zero-order chi connectivity index (χ0) is 17.4. The number of ether oxygens (including phenoxy) is 1. The fourth-order valence-electron chi connectivity index (χ4n) is 2.46. The minimum Gasteiger partial charge on any atom is -0.469 e. The molecule has 6 heteroatoms. The molecule has 1 aliphatic heterocycles. The molecule has 2 rings (SSSR count). The second-order valence-electron chi connectivity index (χ2n) is 7.05. The first-order valence-corrected chi connectivity index (χ1v) is 7.79. The van der Waals surface area contributed by atoms with Gasteiger partial charge >= 0.3 is 13.1 Å². The van der Waals surface area contributed by atoms with Crippen molar-refractivity contribution in [3.05, 3.63) is 29.6 Å². The van der Waals surface area contributed by atoms with E-state index in [2.05, 4.69) is 4.74 Å². The van der Waals surface area contributed by atoms with Crippen molar-refractivity contribution in [2.75, 3.05) is 7.11 Å². The highest BCUT2D eigenvalue weighted by atomic mass is 19.1. The minimum absolute atomic E-state index is 0.121. The molecule has 0 spiro atoms. The van der Waals surface area contributed by atoms with Gasteiger partial charge in [-0.15, -0.1) is 0 Å². The van der Waals surface area contributed by atoms with Crippen LogP contribution in [-0.4, -0.2) is 31.4 Å². The highest BCUT2D eigenvalue weighted by molar-refractivity contribution is 6.62. The molecule has 1 heterocycles. The van der Waals surface area contributed by atoms with E-state index in [1.54, 1.807) is 12.1 Å². The van der Waals surface area contributed by atoms with Gasteiger partial charge in [0.2, 0.25) is 0 Å². The van der Waals surface area contributed by atoms with E-state index in [0.29, 0.717) is 5.46 Å². The van der Waals surface area contributed by atoms with Gasteiger partial charge in [-0.1, -0.05) is 19.1 Å². The molecule has 0 aromatic heterocycles. The van der Waals surface area contributed by atoms with E-state index < -0.39 is 24.1 Å². The molecule has 4 nitrogen and oxygen atoms in total. The molecule has 1 fully saturated rings. The third kappa shape index (κ3) is 3.58. The quantitative estimate of drug-likeness (QED) is 0.632. The summed E-state index contributed by atoms with van der Waals surface area (Å²) in [6, 6.07) is 4.91. The van der Waals surface area contributed by atoms with Crippen LogP contribution in [0.15, 0.2) is 18.2 Å². The molecule has 1 saturated heterocycles. The molecule has 0 unspecified atom stereocenters. The third-order valence-corrected chi connectivity index (χ3v) is 4.80. The lowest BCUT2D eigenvalue weighted by molar-refractivity contribution is -0.140. The Balaban J connectivity index is 2.19. The molecular formula is C17H24BFO4. The van der Waals surface area contributed by atoms with E-state index in [1.807, 2.05) is 34.6 Å². The van der Waals surface area contributed by atoms with Crippen molar-refractivity contribution < 1.29 is 23.2 Å². The van der Waals surface area contributed by atoms with Gasteiger partial charge in [0.05, 0.1) is 24.7 Å². The average molecular weight is 322 g/mol. The van der Waals surface area contributed by atoms with Crippen LogP contribution < -0.4 is 5.46 Å². The van der Waals surface area contributed by atoms with Crippen LogP contribution in [0.25, 0.3) is 0 Å². The minimum atomic E-state index is -0.732. The molecule has 1 aliphatic rings. The fraction of sp³-hybridized carbons (Fsp3) is 0.588. The van der Waals surface area contributed by atoms with E-state index in [1.165, 1.54) is 13.2 Å². The number of hydrogen-bond acceptors (Lipinski definition) is 4. The van der Waals surface area contributed by atoms with E-state index in [-0.39, 0.29) is 18.3 Å². The van der Waals surface area contributed by atoms with Crippen molar-refractivity contribution in [2.45, 2.75) is 58.2 Å². The lowest BCUT2D eigenvalue weighted by atomic mass is 9.77. The first kappa shape index (κ1) is 18.0. The highest BCUT2D eigenvalue weighted by Gasteiger charge is 2.52. The molecule has 1 aromatic rings. The molecule has 126 valence electrons. The summed E-state index contributed by atoms with van der Waals surface area (Å²) in [5.41, 5.74) is 0.0906. The number of carbonyl (C=O) groups is 1. The monoisotopic (exact) mass is 322 g/mol. The van der Waals surface area contributed by atoms with Gasteiger partial charge in [-0.3, -0.25) is 4.79 Å². The van der Waals surface area contributed by atoms with Gasteiger partial charge in [0, 0.05) is 5.46 Å². The van der Waals surface area contributed by atoms with Crippen molar-refractivity contribution in [2.24, 2.45) is 0 Å². The van der Waals surface area contributed by atoms with Gasteiger partial charge in [-0.25, -0.2) is 4.39 Å². The van der Waals surface area contributed by atoms with Gasteiger partial charge in [0.25, 0.3) is 0 Å². The maximum absolute atomic E-state index is 14.5. The second kappa shape index (κ2) is 6.25. The summed E-state index contributed by atoms with van der Waals surface area (Å²) in [6.45, 7) is 9.57. The standard InChI is InChI=1S/C17H24BFO4/c1-11(9-15(20)21-6)12-7-8-13(14(19)10-12)18-22-16(2,3)17(4,5)23-18/h7-8,10-11H,9H2,1-6H3/t11-/m1/s1. The Kier molecular flexibility index (Phi) is 4.88. The largest absolute Gasteiger partial charge is 0.497 e.